The molecule has 2 rings (SSSR count). The molecule has 0 radical (unpaired) electrons. The fourth-order valence-electron chi connectivity index (χ4n) is 2.06. The van der Waals surface area contributed by atoms with Gasteiger partial charge in [0.05, 0.1) is 0 Å². The first-order valence-electron chi connectivity index (χ1n) is 5.84. The largest absolute Gasteiger partial charge is 0.385 e. The number of halogens is 1. The SMILES string of the molecule is COC[C@@]1(F)O[C@@H](n2cc(C)c(=O)[nH]c2=O)[C@H](O)[C@@H]1O. The van der Waals surface area contributed by atoms with Crippen LogP contribution in [0.5, 0.6) is 0 Å². The molecule has 20 heavy (non-hydrogen) atoms. The highest BCUT2D eigenvalue weighted by molar-refractivity contribution is 5.04. The van der Waals surface area contributed by atoms with Gasteiger partial charge in [0.1, 0.15) is 18.8 Å². The molecule has 112 valence electrons. The van der Waals surface area contributed by atoms with Crippen molar-refractivity contribution in [1.29, 1.82) is 0 Å². The van der Waals surface area contributed by atoms with Crippen molar-refractivity contribution in [1.82, 2.24) is 9.55 Å². The molecule has 1 aromatic heterocycles. The molecule has 0 unspecified atom stereocenters. The summed E-state index contributed by atoms with van der Waals surface area (Å²) in [5, 5.41) is 19.5. The average molecular weight is 290 g/mol. The lowest BCUT2D eigenvalue weighted by Gasteiger charge is -2.21. The van der Waals surface area contributed by atoms with Crippen LogP contribution in [0.25, 0.3) is 0 Å². The summed E-state index contributed by atoms with van der Waals surface area (Å²) in [4.78, 5) is 25.0. The lowest BCUT2D eigenvalue weighted by molar-refractivity contribution is -0.212. The van der Waals surface area contributed by atoms with Crippen molar-refractivity contribution < 1.29 is 24.1 Å². The molecule has 1 aromatic rings. The molecule has 3 N–H and O–H groups in total. The summed E-state index contributed by atoms with van der Waals surface area (Å²) in [7, 11) is 1.20. The second kappa shape index (κ2) is 5.09. The number of aliphatic hydroxyl groups is 2. The number of alkyl halides is 1. The number of methoxy groups -OCH3 is 1. The minimum Gasteiger partial charge on any atom is -0.385 e. The number of aromatic amines is 1. The quantitative estimate of drug-likeness (QED) is 0.618. The monoisotopic (exact) mass is 290 g/mol. The van der Waals surface area contributed by atoms with E-state index in [1.54, 1.807) is 0 Å². The minimum absolute atomic E-state index is 0.179. The predicted molar refractivity (Wildman–Crippen MR) is 63.9 cm³/mol. The van der Waals surface area contributed by atoms with Gasteiger partial charge in [-0.15, -0.1) is 0 Å². The van der Waals surface area contributed by atoms with Gasteiger partial charge in [-0.3, -0.25) is 14.3 Å². The van der Waals surface area contributed by atoms with E-state index in [0.717, 1.165) is 10.8 Å². The van der Waals surface area contributed by atoms with Gasteiger partial charge in [-0.1, -0.05) is 0 Å². The molecule has 1 aliphatic heterocycles. The van der Waals surface area contributed by atoms with Gasteiger partial charge in [0.15, 0.2) is 6.23 Å². The van der Waals surface area contributed by atoms with Gasteiger partial charge in [0.25, 0.3) is 11.4 Å². The van der Waals surface area contributed by atoms with Crippen LogP contribution in [-0.4, -0.2) is 51.5 Å². The highest BCUT2D eigenvalue weighted by Gasteiger charge is 2.56. The summed E-state index contributed by atoms with van der Waals surface area (Å²) >= 11 is 0. The fourth-order valence-corrected chi connectivity index (χ4v) is 2.06. The van der Waals surface area contributed by atoms with Gasteiger partial charge in [-0.05, 0) is 6.92 Å². The van der Waals surface area contributed by atoms with Crippen LogP contribution in [0.1, 0.15) is 11.8 Å². The van der Waals surface area contributed by atoms with Crippen molar-refractivity contribution >= 4 is 0 Å². The Kier molecular flexibility index (Phi) is 3.78. The van der Waals surface area contributed by atoms with Crippen LogP contribution in [0.15, 0.2) is 15.8 Å². The topological polar surface area (TPSA) is 114 Å². The number of aromatic nitrogens is 2. The van der Waals surface area contributed by atoms with Gasteiger partial charge in [0, 0.05) is 18.9 Å². The van der Waals surface area contributed by atoms with Gasteiger partial charge >= 0.3 is 5.69 Å². The first-order chi connectivity index (χ1) is 9.30. The molecular weight excluding hydrogens is 275 g/mol. The molecule has 0 amide bonds. The number of hydrogen-bond donors (Lipinski definition) is 3. The van der Waals surface area contributed by atoms with E-state index in [4.69, 9.17) is 4.74 Å². The van der Waals surface area contributed by atoms with Crippen LogP contribution in [0.4, 0.5) is 4.39 Å². The fraction of sp³-hybridized carbons (Fsp3) is 0.636. The predicted octanol–water partition coefficient (Wildman–Crippen LogP) is -1.59. The third-order valence-electron chi connectivity index (χ3n) is 3.14. The van der Waals surface area contributed by atoms with E-state index in [0.29, 0.717) is 0 Å². The molecular formula is C11H15FN2O6. The molecule has 1 fully saturated rings. The number of ether oxygens (including phenoxy) is 2. The zero-order chi connectivity index (χ0) is 15.1. The maximum atomic E-state index is 14.3. The van der Waals surface area contributed by atoms with E-state index in [1.807, 2.05) is 4.98 Å². The second-order valence-electron chi connectivity index (χ2n) is 4.64. The van der Waals surface area contributed by atoms with Crippen molar-refractivity contribution in [3.8, 4) is 0 Å². The Hall–Kier alpha value is -1.55. The average Bonchev–Trinajstić information content (AvgIpc) is 2.59. The maximum absolute atomic E-state index is 14.3. The maximum Gasteiger partial charge on any atom is 0.330 e. The summed E-state index contributed by atoms with van der Waals surface area (Å²) in [6.45, 7) is 0.823. The summed E-state index contributed by atoms with van der Waals surface area (Å²) in [5.41, 5.74) is -1.29. The Morgan fingerprint density at radius 1 is 1.55 bits per heavy atom. The first kappa shape index (κ1) is 14.9. The Bertz CT molecular complexity index is 614. The third kappa shape index (κ3) is 2.29. The molecule has 9 heteroatoms. The Labute approximate surface area is 112 Å². The lowest BCUT2D eigenvalue weighted by Crippen LogP contribution is -2.42. The van der Waals surface area contributed by atoms with Crippen LogP contribution < -0.4 is 11.2 Å². The number of hydrogen-bond acceptors (Lipinski definition) is 6. The highest BCUT2D eigenvalue weighted by atomic mass is 19.2. The highest BCUT2D eigenvalue weighted by Crippen LogP contribution is 2.37. The summed E-state index contributed by atoms with van der Waals surface area (Å²) in [5.74, 6) is -2.64. The zero-order valence-corrected chi connectivity index (χ0v) is 10.9. The van der Waals surface area contributed by atoms with Gasteiger partial charge in [-0.2, -0.15) is 0 Å². The standard InChI is InChI=1S/C11H15FN2O6/c1-5-3-14(10(18)13-8(5)17)9-6(15)7(16)11(12,20-9)4-19-2/h3,6-7,9,15-16H,4H2,1-2H3,(H,13,17,18)/t6-,7+,9-,11-/m1/s1. The van der Waals surface area contributed by atoms with Crippen molar-refractivity contribution in [2.24, 2.45) is 0 Å². The zero-order valence-electron chi connectivity index (χ0n) is 10.9. The lowest BCUT2D eigenvalue weighted by atomic mass is 10.1. The van der Waals surface area contributed by atoms with Crippen LogP contribution in [0, 0.1) is 6.92 Å². The molecule has 4 atom stereocenters. The Morgan fingerprint density at radius 3 is 2.80 bits per heavy atom. The molecule has 1 aliphatic rings. The first-order valence-corrected chi connectivity index (χ1v) is 5.84. The van der Waals surface area contributed by atoms with Gasteiger partial charge in [0.2, 0.25) is 0 Å². The van der Waals surface area contributed by atoms with Crippen LogP contribution in [0.2, 0.25) is 0 Å². The van der Waals surface area contributed by atoms with Gasteiger partial charge in [-0.25, -0.2) is 9.18 Å². The van der Waals surface area contributed by atoms with E-state index in [2.05, 4.69) is 4.74 Å². The number of aryl methyl sites for hydroxylation is 1. The van der Waals surface area contributed by atoms with Crippen LogP contribution in [0.3, 0.4) is 0 Å². The molecule has 0 aliphatic carbocycles. The summed E-state index contributed by atoms with van der Waals surface area (Å²) in [6, 6.07) is 0. The molecule has 0 aromatic carbocycles. The van der Waals surface area contributed by atoms with Crippen molar-refractivity contribution in [2.45, 2.75) is 31.2 Å². The van der Waals surface area contributed by atoms with Gasteiger partial charge < -0.3 is 19.7 Å². The van der Waals surface area contributed by atoms with E-state index < -0.39 is 42.1 Å². The molecule has 2 heterocycles. The molecule has 0 bridgehead atoms. The van der Waals surface area contributed by atoms with E-state index in [9.17, 15) is 24.2 Å². The smallest absolute Gasteiger partial charge is 0.330 e. The third-order valence-corrected chi connectivity index (χ3v) is 3.14. The van der Waals surface area contributed by atoms with E-state index in [1.165, 1.54) is 14.0 Å². The van der Waals surface area contributed by atoms with Crippen molar-refractivity contribution in [3.63, 3.8) is 0 Å². The molecule has 0 spiro atoms. The minimum atomic E-state index is -2.64. The summed E-state index contributed by atoms with van der Waals surface area (Å²) < 4.78 is 24.6. The van der Waals surface area contributed by atoms with E-state index >= 15 is 0 Å². The molecule has 1 saturated heterocycles. The number of aliphatic hydroxyl groups excluding tert-OH is 2. The number of rotatable bonds is 3. The normalized spacial score (nSPS) is 33.5. The number of nitrogens with zero attached hydrogens (tertiary/aromatic N) is 1. The molecule has 0 saturated carbocycles. The second-order valence-corrected chi connectivity index (χ2v) is 4.64. The molecule has 8 nitrogen and oxygen atoms in total. The van der Waals surface area contributed by atoms with E-state index in [-0.39, 0.29) is 5.56 Å². The van der Waals surface area contributed by atoms with Crippen molar-refractivity contribution in [2.75, 3.05) is 13.7 Å². The Balaban J connectivity index is 2.42. The number of H-pyrrole nitrogens is 1. The van der Waals surface area contributed by atoms with Crippen molar-refractivity contribution in [3.05, 3.63) is 32.6 Å². The van der Waals surface area contributed by atoms with Crippen LogP contribution >= 0.6 is 0 Å². The number of nitrogens with one attached hydrogen (secondary N) is 1. The Morgan fingerprint density at radius 2 is 2.20 bits per heavy atom. The van der Waals surface area contributed by atoms with Crippen LogP contribution in [-0.2, 0) is 9.47 Å². The summed E-state index contributed by atoms with van der Waals surface area (Å²) in [6.07, 6.45) is -3.90.